The highest BCUT2D eigenvalue weighted by molar-refractivity contribution is 7.09. The van der Waals surface area contributed by atoms with Crippen molar-refractivity contribution in [2.45, 2.75) is 12.7 Å². The van der Waals surface area contributed by atoms with Crippen molar-refractivity contribution < 1.29 is 31.9 Å². The maximum absolute atomic E-state index is 14.4. The van der Waals surface area contributed by atoms with Crippen molar-refractivity contribution >= 4 is 39.1 Å². The van der Waals surface area contributed by atoms with Crippen LogP contribution in [0.4, 0.5) is 22.0 Å². The molecule has 5 rings (SSSR count). The number of alkyl halides is 3. The molecular formula is C23H12F5N3O4S. The number of nitrogens with zero attached hydrogens (tertiary/aromatic N) is 2. The molecule has 0 amide bonds. The summed E-state index contributed by atoms with van der Waals surface area (Å²) in [6.07, 6.45) is -4.83. The summed E-state index contributed by atoms with van der Waals surface area (Å²) in [6, 6.07) is 5.46. The van der Waals surface area contributed by atoms with Gasteiger partial charge in [-0.25, -0.2) is 22.9 Å². The van der Waals surface area contributed by atoms with Crippen molar-refractivity contribution in [3.8, 4) is 5.69 Å². The van der Waals surface area contributed by atoms with E-state index in [4.69, 9.17) is 0 Å². The molecule has 7 nitrogen and oxygen atoms in total. The number of carboxylic acids is 1. The fourth-order valence-corrected chi connectivity index (χ4v) is 4.86. The Kier molecular flexibility index (Phi) is 5.32. The first-order chi connectivity index (χ1) is 17.0. The van der Waals surface area contributed by atoms with E-state index in [1.54, 1.807) is 0 Å². The normalized spacial score (nSPS) is 12.0. The molecule has 2 N–H and O–H groups in total. The zero-order valence-electron chi connectivity index (χ0n) is 17.7. The Labute approximate surface area is 200 Å². The van der Waals surface area contributed by atoms with Crippen molar-refractivity contribution in [2.24, 2.45) is 0 Å². The zero-order chi connectivity index (χ0) is 25.9. The molecular weight excluding hydrogens is 509 g/mol. The highest BCUT2D eigenvalue weighted by atomic mass is 32.1. The standard InChI is InChI=1S/C23H12F5N3O4S/c24-14-3-1-2-10(17(14)25)7-30-16-5-4-11(23(26,27)28)6-12(16)18(19(30)21(33)34)31-20(32)13-8-36-9-15(13)29-22(31)35/h1-6,8-9H,7H2,(H,29,35)(H,33,34). The Bertz CT molecular complexity index is 1810. The van der Waals surface area contributed by atoms with Crippen LogP contribution in [0.15, 0.2) is 56.7 Å². The van der Waals surface area contributed by atoms with Crippen LogP contribution in [-0.4, -0.2) is 25.2 Å². The van der Waals surface area contributed by atoms with Gasteiger partial charge < -0.3 is 14.7 Å². The number of rotatable bonds is 4. The van der Waals surface area contributed by atoms with Gasteiger partial charge in [0.05, 0.1) is 34.2 Å². The van der Waals surface area contributed by atoms with E-state index in [1.807, 2.05) is 0 Å². The van der Waals surface area contributed by atoms with E-state index >= 15 is 0 Å². The number of fused-ring (bicyclic) bond motifs is 2. The summed E-state index contributed by atoms with van der Waals surface area (Å²) in [4.78, 5) is 40.9. The van der Waals surface area contributed by atoms with Gasteiger partial charge in [-0.3, -0.25) is 4.79 Å². The van der Waals surface area contributed by atoms with Gasteiger partial charge in [-0.2, -0.15) is 13.2 Å². The molecule has 13 heteroatoms. The van der Waals surface area contributed by atoms with E-state index in [0.29, 0.717) is 16.7 Å². The summed E-state index contributed by atoms with van der Waals surface area (Å²) in [5, 5.41) is 12.6. The number of aromatic carboxylic acids is 1. The molecule has 36 heavy (non-hydrogen) atoms. The van der Waals surface area contributed by atoms with Gasteiger partial charge in [-0.15, -0.1) is 11.3 Å². The molecule has 184 valence electrons. The molecule has 0 saturated heterocycles. The minimum atomic E-state index is -4.83. The van der Waals surface area contributed by atoms with Crippen LogP contribution in [0.3, 0.4) is 0 Å². The predicted molar refractivity (Wildman–Crippen MR) is 121 cm³/mol. The number of carbonyl (C=O) groups is 1. The van der Waals surface area contributed by atoms with Crippen LogP contribution >= 0.6 is 11.3 Å². The third-order valence-electron chi connectivity index (χ3n) is 5.69. The van der Waals surface area contributed by atoms with Crippen LogP contribution in [0, 0.1) is 11.6 Å². The zero-order valence-corrected chi connectivity index (χ0v) is 18.5. The second kappa shape index (κ2) is 8.16. The number of hydrogen-bond donors (Lipinski definition) is 2. The van der Waals surface area contributed by atoms with Gasteiger partial charge in [0.15, 0.2) is 17.3 Å². The molecule has 0 aliphatic heterocycles. The lowest BCUT2D eigenvalue weighted by Crippen LogP contribution is -2.34. The van der Waals surface area contributed by atoms with E-state index in [0.717, 1.165) is 28.0 Å². The molecule has 3 aromatic heterocycles. The summed E-state index contributed by atoms with van der Waals surface area (Å²) in [6.45, 7) is -0.611. The second-order valence-corrected chi connectivity index (χ2v) is 8.54. The molecule has 0 aliphatic carbocycles. The van der Waals surface area contributed by atoms with Gasteiger partial charge in [-0.05, 0) is 24.3 Å². The number of halogens is 5. The van der Waals surface area contributed by atoms with Crippen LogP contribution in [0.25, 0.3) is 27.5 Å². The van der Waals surface area contributed by atoms with Gasteiger partial charge >= 0.3 is 17.8 Å². The number of aromatic nitrogens is 3. The number of thiophene rings is 1. The first-order valence-corrected chi connectivity index (χ1v) is 11.0. The average Bonchev–Trinajstić information content (AvgIpc) is 3.39. The smallest absolute Gasteiger partial charge is 0.416 e. The van der Waals surface area contributed by atoms with E-state index < -0.39 is 58.5 Å². The number of benzene rings is 2. The SMILES string of the molecule is O=C(O)c1c(-n2c(=O)[nH]c3cscc3c2=O)c2cc(C(F)(F)F)ccc2n1Cc1cccc(F)c1F. The highest BCUT2D eigenvalue weighted by Gasteiger charge is 2.33. The molecule has 5 aromatic rings. The minimum Gasteiger partial charge on any atom is -0.477 e. The predicted octanol–water partition coefficient (Wildman–Crippen LogP) is 4.74. The maximum atomic E-state index is 14.4. The molecule has 0 saturated carbocycles. The van der Waals surface area contributed by atoms with Gasteiger partial charge in [0.25, 0.3) is 5.56 Å². The summed E-state index contributed by atoms with van der Waals surface area (Å²) < 4.78 is 70.2. The summed E-state index contributed by atoms with van der Waals surface area (Å²) in [5.41, 5.74) is -4.85. The summed E-state index contributed by atoms with van der Waals surface area (Å²) >= 11 is 1.08. The third-order valence-corrected chi connectivity index (χ3v) is 6.43. The average molecular weight is 521 g/mol. The lowest BCUT2D eigenvalue weighted by Gasteiger charge is -2.11. The van der Waals surface area contributed by atoms with Gasteiger partial charge in [-0.1, -0.05) is 12.1 Å². The largest absolute Gasteiger partial charge is 0.477 e. The molecule has 3 heterocycles. The lowest BCUT2D eigenvalue weighted by molar-refractivity contribution is -0.137. The molecule has 0 bridgehead atoms. The molecule has 0 radical (unpaired) electrons. The van der Waals surface area contributed by atoms with E-state index in [2.05, 4.69) is 4.98 Å². The number of aromatic amines is 1. The number of hydrogen-bond acceptors (Lipinski definition) is 4. The first kappa shape index (κ1) is 23.5. The number of carboxylic acid groups (broad SMARTS) is 1. The van der Waals surface area contributed by atoms with Crippen LogP contribution in [-0.2, 0) is 12.7 Å². The highest BCUT2D eigenvalue weighted by Crippen LogP contribution is 2.36. The monoisotopic (exact) mass is 521 g/mol. The molecule has 2 aromatic carbocycles. The molecule has 0 spiro atoms. The van der Waals surface area contributed by atoms with Crippen molar-refractivity contribution in [3.05, 3.63) is 96.5 Å². The molecule has 0 fully saturated rings. The van der Waals surface area contributed by atoms with Crippen LogP contribution < -0.4 is 11.2 Å². The van der Waals surface area contributed by atoms with Crippen molar-refractivity contribution in [1.82, 2.24) is 14.1 Å². The molecule has 0 aliphatic rings. The topological polar surface area (TPSA) is 97.1 Å². The Morgan fingerprint density at radius 1 is 1.06 bits per heavy atom. The van der Waals surface area contributed by atoms with Gasteiger partial charge in [0.1, 0.15) is 0 Å². The van der Waals surface area contributed by atoms with Crippen molar-refractivity contribution in [3.63, 3.8) is 0 Å². The van der Waals surface area contributed by atoms with Crippen LogP contribution in [0.1, 0.15) is 21.6 Å². The lowest BCUT2D eigenvalue weighted by atomic mass is 10.1. The fourth-order valence-electron chi connectivity index (χ4n) is 4.11. The van der Waals surface area contributed by atoms with E-state index in [1.165, 1.54) is 22.9 Å². The van der Waals surface area contributed by atoms with Crippen LogP contribution in [0.2, 0.25) is 0 Å². The maximum Gasteiger partial charge on any atom is 0.416 e. The molecule has 0 unspecified atom stereocenters. The Hall–Kier alpha value is -4.26. The van der Waals surface area contributed by atoms with Gasteiger partial charge in [0.2, 0.25) is 0 Å². The Balaban J connectivity index is 1.94. The second-order valence-electron chi connectivity index (χ2n) is 7.80. The Morgan fingerprint density at radius 3 is 2.50 bits per heavy atom. The van der Waals surface area contributed by atoms with Gasteiger partial charge in [0, 0.05) is 21.7 Å². The van der Waals surface area contributed by atoms with Crippen LogP contribution in [0.5, 0.6) is 0 Å². The quantitative estimate of drug-likeness (QED) is 0.334. The number of nitrogens with one attached hydrogen (secondary N) is 1. The summed E-state index contributed by atoms with van der Waals surface area (Å²) in [7, 11) is 0. The van der Waals surface area contributed by atoms with Crippen molar-refractivity contribution in [2.75, 3.05) is 0 Å². The first-order valence-electron chi connectivity index (χ1n) is 10.1. The Morgan fingerprint density at radius 2 is 1.81 bits per heavy atom. The molecule has 0 atom stereocenters. The minimum absolute atomic E-state index is 0.0139. The van der Waals surface area contributed by atoms with E-state index in [-0.39, 0.29) is 27.4 Å². The fraction of sp³-hybridized carbons (Fsp3) is 0.0870. The van der Waals surface area contributed by atoms with E-state index in [9.17, 15) is 41.4 Å². The summed E-state index contributed by atoms with van der Waals surface area (Å²) in [5.74, 6) is -4.20. The third kappa shape index (κ3) is 3.59. The number of H-pyrrole nitrogens is 1. The van der Waals surface area contributed by atoms with Crippen molar-refractivity contribution in [1.29, 1.82) is 0 Å².